The molecule has 1 aromatic heterocycles. The first kappa shape index (κ1) is 30.2. The molecular formula is C33H42N2O6. The van der Waals surface area contributed by atoms with E-state index in [-0.39, 0.29) is 29.8 Å². The minimum absolute atomic E-state index is 0.0109. The van der Waals surface area contributed by atoms with Crippen molar-refractivity contribution in [2.24, 2.45) is 17.8 Å². The summed E-state index contributed by atoms with van der Waals surface area (Å²) >= 11 is 0. The number of amides is 1. The SMILES string of the molecule is CCOC(=O)[C@H]1CCN(C(=O)OCC(C)C)CC1CCc1ccc(OCCc2nc(-c3ccccc3)oc2C)cc1. The van der Waals surface area contributed by atoms with Gasteiger partial charge in [-0.05, 0) is 74.8 Å². The molecule has 0 saturated carbocycles. The maximum absolute atomic E-state index is 12.7. The van der Waals surface area contributed by atoms with E-state index < -0.39 is 0 Å². The molecule has 2 aromatic carbocycles. The molecule has 0 N–H and O–H groups in total. The lowest BCUT2D eigenvalue weighted by Crippen LogP contribution is -2.46. The number of ether oxygens (including phenoxy) is 3. The van der Waals surface area contributed by atoms with E-state index in [9.17, 15) is 9.59 Å². The lowest BCUT2D eigenvalue weighted by molar-refractivity contribution is -0.152. The number of rotatable bonds is 12. The molecule has 0 bridgehead atoms. The molecule has 1 unspecified atom stereocenters. The molecule has 1 aliphatic heterocycles. The van der Waals surface area contributed by atoms with Gasteiger partial charge in [0.15, 0.2) is 0 Å². The molecule has 1 fully saturated rings. The van der Waals surface area contributed by atoms with Crippen molar-refractivity contribution in [1.82, 2.24) is 9.88 Å². The Balaban J connectivity index is 1.29. The molecule has 1 amide bonds. The second-order valence-corrected chi connectivity index (χ2v) is 11.0. The summed E-state index contributed by atoms with van der Waals surface area (Å²) in [6, 6.07) is 17.9. The van der Waals surface area contributed by atoms with Gasteiger partial charge < -0.3 is 23.5 Å². The standard InChI is InChI=1S/C33H42N2O6/c1-5-38-32(36)29-17-19-35(33(37)40-22-23(2)3)21-27(29)14-11-25-12-15-28(16-13-25)39-20-18-30-24(4)41-31(34-30)26-9-7-6-8-10-26/h6-10,12-13,15-16,23,27,29H,5,11,14,17-22H2,1-4H3/t27?,29-/m0/s1. The fourth-order valence-electron chi connectivity index (χ4n) is 5.11. The molecular weight excluding hydrogens is 520 g/mol. The fraction of sp³-hybridized carbons (Fsp3) is 0.485. The quantitative estimate of drug-likeness (QED) is 0.233. The minimum Gasteiger partial charge on any atom is -0.493 e. The summed E-state index contributed by atoms with van der Waals surface area (Å²) in [4.78, 5) is 31.6. The van der Waals surface area contributed by atoms with E-state index in [2.05, 4.69) is 17.1 Å². The lowest BCUT2D eigenvalue weighted by atomic mass is 9.82. The van der Waals surface area contributed by atoms with Crippen molar-refractivity contribution in [3.8, 4) is 17.2 Å². The van der Waals surface area contributed by atoms with Gasteiger partial charge in [-0.2, -0.15) is 0 Å². The van der Waals surface area contributed by atoms with Crippen LogP contribution in [0.2, 0.25) is 0 Å². The highest BCUT2D eigenvalue weighted by molar-refractivity contribution is 5.74. The zero-order valence-electron chi connectivity index (χ0n) is 24.6. The Kier molecular flexibility index (Phi) is 10.8. The average Bonchev–Trinajstić information content (AvgIpc) is 3.36. The number of hydrogen-bond acceptors (Lipinski definition) is 7. The molecule has 1 saturated heterocycles. The van der Waals surface area contributed by atoms with Gasteiger partial charge in [-0.3, -0.25) is 4.79 Å². The van der Waals surface area contributed by atoms with Crippen LogP contribution >= 0.6 is 0 Å². The molecule has 0 aliphatic carbocycles. The molecule has 41 heavy (non-hydrogen) atoms. The Labute approximate surface area is 243 Å². The van der Waals surface area contributed by atoms with E-state index in [4.69, 9.17) is 18.6 Å². The van der Waals surface area contributed by atoms with Crippen LogP contribution in [0.4, 0.5) is 4.79 Å². The largest absolute Gasteiger partial charge is 0.493 e. The van der Waals surface area contributed by atoms with Crippen LogP contribution in [-0.4, -0.2) is 54.9 Å². The smallest absolute Gasteiger partial charge is 0.409 e. The highest BCUT2D eigenvalue weighted by Gasteiger charge is 2.37. The molecule has 220 valence electrons. The molecule has 3 aromatic rings. The molecule has 8 heteroatoms. The number of benzene rings is 2. The van der Waals surface area contributed by atoms with Gasteiger partial charge in [0.05, 0.1) is 31.4 Å². The molecule has 0 spiro atoms. The first-order valence-corrected chi connectivity index (χ1v) is 14.7. The van der Waals surface area contributed by atoms with Crippen molar-refractivity contribution >= 4 is 12.1 Å². The number of piperidine rings is 1. The number of carbonyl (C=O) groups excluding carboxylic acids is 2. The summed E-state index contributed by atoms with van der Waals surface area (Å²) < 4.78 is 22.6. The maximum atomic E-state index is 12.7. The van der Waals surface area contributed by atoms with Crippen LogP contribution in [0.5, 0.6) is 5.75 Å². The van der Waals surface area contributed by atoms with E-state index in [1.807, 2.05) is 70.2 Å². The number of esters is 1. The van der Waals surface area contributed by atoms with Crippen LogP contribution < -0.4 is 4.74 Å². The molecule has 4 rings (SSSR count). The van der Waals surface area contributed by atoms with Crippen molar-refractivity contribution in [2.45, 2.75) is 53.4 Å². The second-order valence-electron chi connectivity index (χ2n) is 11.0. The van der Waals surface area contributed by atoms with Crippen molar-refractivity contribution in [3.05, 3.63) is 71.6 Å². The van der Waals surface area contributed by atoms with Gasteiger partial charge in [0, 0.05) is 25.1 Å². The summed E-state index contributed by atoms with van der Waals surface area (Å²) in [5.41, 5.74) is 3.00. The zero-order valence-corrected chi connectivity index (χ0v) is 24.6. The van der Waals surface area contributed by atoms with Crippen LogP contribution in [0.1, 0.15) is 50.6 Å². The number of nitrogens with zero attached hydrogens (tertiary/aromatic N) is 2. The number of oxazole rings is 1. The predicted molar refractivity (Wildman–Crippen MR) is 157 cm³/mol. The van der Waals surface area contributed by atoms with Gasteiger partial charge in [0.25, 0.3) is 0 Å². The third-order valence-electron chi connectivity index (χ3n) is 7.37. The number of carbonyl (C=O) groups is 2. The van der Waals surface area contributed by atoms with Crippen molar-refractivity contribution in [1.29, 1.82) is 0 Å². The third-order valence-corrected chi connectivity index (χ3v) is 7.37. The highest BCUT2D eigenvalue weighted by atomic mass is 16.6. The zero-order chi connectivity index (χ0) is 29.2. The average molecular weight is 563 g/mol. The van der Waals surface area contributed by atoms with Crippen LogP contribution in [-0.2, 0) is 27.1 Å². The molecule has 1 aliphatic rings. The topological polar surface area (TPSA) is 91.1 Å². The van der Waals surface area contributed by atoms with E-state index >= 15 is 0 Å². The van der Waals surface area contributed by atoms with Crippen LogP contribution in [0, 0.1) is 24.7 Å². The second kappa shape index (κ2) is 14.7. The van der Waals surface area contributed by atoms with Gasteiger partial charge in [0.2, 0.25) is 5.89 Å². The van der Waals surface area contributed by atoms with Crippen LogP contribution in [0.15, 0.2) is 59.0 Å². The van der Waals surface area contributed by atoms with Gasteiger partial charge >= 0.3 is 12.1 Å². The Morgan fingerprint density at radius 2 is 1.80 bits per heavy atom. The first-order valence-electron chi connectivity index (χ1n) is 14.7. The molecule has 0 radical (unpaired) electrons. The van der Waals surface area contributed by atoms with Crippen LogP contribution in [0.3, 0.4) is 0 Å². The normalized spacial score (nSPS) is 17.0. The Bertz CT molecular complexity index is 1250. The van der Waals surface area contributed by atoms with Gasteiger partial charge in [0.1, 0.15) is 11.5 Å². The van der Waals surface area contributed by atoms with E-state index in [0.29, 0.717) is 51.6 Å². The lowest BCUT2D eigenvalue weighted by Gasteiger charge is -2.37. The number of likely N-dealkylation sites (tertiary alicyclic amines) is 1. The number of aromatic nitrogens is 1. The summed E-state index contributed by atoms with van der Waals surface area (Å²) in [6.07, 6.45) is 2.50. The summed E-state index contributed by atoms with van der Waals surface area (Å²) in [7, 11) is 0. The van der Waals surface area contributed by atoms with Crippen molar-refractivity contribution in [3.63, 3.8) is 0 Å². The number of hydrogen-bond donors (Lipinski definition) is 0. The monoisotopic (exact) mass is 562 g/mol. The number of aryl methyl sites for hydroxylation is 2. The van der Waals surface area contributed by atoms with Gasteiger partial charge in [-0.1, -0.05) is 44.2 Å². The Hall–Kier alpha value is -3.81. The Morgan fingerprint density at radius 1 is 1.05 bits per heavy atom. The van der Waals surface area contributed by atoms with Gasteiger partial charge in [-0.25, -0.2) is 9.78 Å². The van der Waals surface area contributed by atoms with E-state index in [0.717, 1.165) is 41.2 Å². The highest BCUT2D eigenvalue weighted by Crippen LogP contribution is 2.30. The summed E-state index contributed by atoms with van der Waals surface area (Å²) in [5.74, 6) is 2.12. The van der Waals surface area contributed by atoms with Gasteiger partial charge in [-0.15, -0.1) is 0 Å². The Morgan fingerprint density at radius 3 is 2.51 bits per heavy atom. The summed E-state index contributed by atoms with van der Waals surface area (Å²) in [6.45, 7) is 10.0. The molecule has 2 heterocycles. The minimum atomic E-state index is -0.301. The first-order chi connectivity index (χ1) is 19.8. The molecule has 2 atom stereocenters. The molecule has 8 nitrogen and oxygen atoms in total. The van der Waals surface area contributed by atoms with E-state index in [1.165, 1.54) is 0 Å². The maximum Gasteiger partial charge on any atom is 0.409 e. The van der Waals surface area contributed by atoms with Crippen LogP contribution in [0.25, 0.3) is 11.5 Å². The third kappa shape index (κ3) is 8.59. The van der Waals surface area contributed by atoms with Crippen molar-refractivity contribution in [2.75, 3.05) is 32.9 Å². The summed E-state index contributed by atoms with van der Waals surface area (Å²) in [5, 5.41) is 0. The predicted octanol–water partition coefficient (Wildman–Crippen LogP) is 6.50. The van der Waals surface area contributed by atoms with E-state index in [1.54, 1.807) is 4.90 Å². The van der Waals surface area contributed by atoms with Crippen molar-refractivity contribution < 1.29 is 28.2 Å². The fourth-order valence-corrected chi connectivity index (χ4v) is 5.11.